The number of halogens is 8. The van der Waals surface area contributed by atoms with Gasteiger partial charge in [-0.2, -0.15) is 13.2 Å². The highest BCUT2D eigenvalue weighted by molar-refractivity contribution is 6.34. The zero-order chi connectivity index (χ0) is 25.8. The fraction of sp³-hybridized carbons (Fsp3) is 0.350. The van der Waals surface area contributed by atoms with Crippen LogP contribution in [0.15, 0.2) is 35.5 Å². The van der Waals surface area contributed by atoms with Gasteiger partial charge < -0.3 is 15.8 Å². The molecular weight excluding hydrogens is 497 g/mol. The van der Waals surface area contributed by atoms with Crippen molar-refractivity contribution in [1.29, 1.82) is 0 Å². The molecule has 1 aromatic heterocycles. The zero-order valence-electron chi connectivity index (χ0n) is 17.6. The number of hydrogen-bond acceptors (Lipinski definition) is 4. The molecule has 0 aliphatic heterocycles. The molecule has 14 heteroatoms. The van der Waals surface area contributed by atoms with Crippen molar-refractivity contribution in [2.24, 2.45) is 10.7 Å². The average Bonchev–Trinajstić information content (AvgIpc) is 2.73. The molecule has 0 spiro atoms. The fourth-order valence-corrected chi connectivity index (χ4v) is 2.89. The minimum Gasteiger partial charge on any atom is -0.453 e. The maximum atomic E-state index is 14.5. The number of nitrogens with two attached hydrogens (primary N) is 1. The molecule has 2 atom stereocenters. The predicted molar refractivity (Wildman–Crippen MR) is 110 cm³/mol. The van der Waals surface area contributed by atoms with E-state index in [1.54, 1.807) is 0 Å². The Kier molecular flexibility index (Phi) is 8.35. The lowest BCUT2D eigenvalue weighted by Gasteiger charge is -2.25. The molecule has 0 saturated carbocycles. The number of amidine groups is 1. The van der Waals surface area contributed by atoms with Gasteiger partial charge in [0.25, 0.3) is 18.4 Å². The van der Waals surface area contributed by atoms with Gasteiger partial charge in [0.2, 0.25) is 0 Å². The van der Waals surface area contributed by atoms with Crippen LogP contribution in [0.5, 0.6) is 0 Å². The number of carbonyl (C=O) groups is 1. The number of amides is 1. The van der Waals surface area contributed by atoms with Gasteiger partial charge in [-0.15, -0.1) is 0 Å². The molecule has 0 saturated heterocycles. The van der Waals surface area contributed by atoms with Crippen LogP contribution in [-0.2, 0) is 10.3 Å². The molecule has 34 heavy (non-hydrogen) atoms. The molecule has 6 nitrogen and oxygen atoms in total. The number of nitrogens with zero attached hydrogens (tertiary/aromatic N) is 2. The normalized spacial score (nSPS) is 15.1. The van der Waals surface area contributed by atoms with Crippen LogP contribution in [0.25, 0.3) is 0 Å². The summed E-state index contributed by atoms with van der Waals surface area (Å²) in [5.74, 6) is -1.95. The van der Waals surface area contributed by atoms with Gasteiger partial charge in [-0.1, -0.05) is 11.6 Å². The summed E-state index contributed by atoms with van der Waals surface area (Å²) < 4.78 is 96.2. The van der Waals surface area contributed by atoms with E-state index >= 15 is 0 Å². The number of nitrogens with one attached hydrogen (secondary N) is 1. The molecule has 0 aliphatic rings. The van der Waals surface area contributed by atoms with Crippen LogP contribution in [-0.4, -0.2) is 35.9 Å². The van der Waals surface area contributed by atoms with Crippen molar-refractivity contribution in [3.63, 3.8) is 0 Å². The second-order valence-electron chi connectivity index (χ2n) is 7.21. The van der Waals surface area contributed by atoms with Gasteiger partial charge in [-0.05, 0) is 38.1 Å². The van der Waals surface area contributed by atoms with Crippen molar-refractivity contribution in [3.05, 3.63) is 58.1 Å². The van der Waals surface area contributed by atoms with Crippen molar-refractivity contribution in [1.82, 2.24) is 4.98 Å². The number of aromatic nitrogens is 1. The smallest absolute Gasteiger partial charge is 0.425 e. The number of rotatable bonds is 7. The Morgan fingerprint density at radius 2 is 1.94 bits per heavy atom. The average molecular weight is 515 g/mol. The van der Waals surface area contributed by atoms with E-state index in [4.69, 9.17) is 17.3 Å². The van der Waals surface area contributed by atoms with Crippen molar-refractivity contribution >= 4 is 29.2 Å². The molecule has 1 aromatic carbocycles. The summed E-state index contributed by atoms with van der Waals surface area (Å²) in [6.07, 6.45) is -9.24. The first-order chi connectivity index (χ1) is 15.7. The molecule has 1 unspecified atom stereocenters. The van der Waals surface area contributed by atoms with Gasteiger partial charge in [-0.25, -0.2) is 27.5 Å². The first-order valence-corrected chi connectivity index (χ1v) is 9.75. The highest BCUT2D eigenvalue weighted by atomic mass is 35.5. The summed E-state index contributed by atoms with van der Waals surface area (Å²) in [6, 6.07) is 2.72. The molecule has 0 bridgehead atoms. The Hall–Kier alpha value is -3.09. The first kappa shape index (κ1) is 27.2. The maximum Gasteiger partial charge on any atom is 0.425 e. The van der Waals surface area contributed by atoms with Gasteiger partial charge in [0, 0.05) is 23.0 Å². The molecule has 0 fully saturated rings. The molecule has 186 valence electrons. The van der Waals surface area contributed by atoms with Crippen molar-refractivity contribution in [3.8, 4) is 0 Å². The summed E-state index contributed by atoms with van der Waals surface area (Å²) in [7, 11) is 0. The van der Waals surface area contributed by atoms with E-state index in [1.165, 1.54) is 0 Å². The zero-order valence-corrected chi connectivity index (χ0v) is 18.3. The molecule has 2 rings (SSSR count). The van der Waals surface area contributed by atoms with Gasteiger partial charge in [0.1, 0.15) is 23.7 Å². The van der Waals surface area contributed by atoms with Gasteiger partial charge in [0.05, 0.1) is 5.02 Å². The van der Waals surface area contributed by atoms with E-state index < -0.39 is 65.5 Å². The number of hydrogen-bond donors (Lipinski definition) is 2. The number of carbonyl (C=O) groups excluding carboxylic acids is 1. The molecule has 0 radical (unpaired) electrons. The van der Waals surface area contributed by atoms with Crippen molar-refractivity contribution < 1.29 is 40.3 Å². The fourth-order valence-electron chi connectivity index (χ4n) is 2.62. The quantitative estimate of drug-likeness (QED) is 0.289. The number of benzene rings is 1. The van der Waals surface area contributed by atoms with Gasteiger partial charge in [-0.3, -0.25) is 4.79 Å². The molecular formula is C20H18ClF7N4O2. The first-order valence-electron chi connectivity index (χ1n) is 9.37. The molecule has 1 heterocycles. The van der Waals surface area contributed by atoms with E-state index in [9.17, 15) is 35.5 Å². The number of anilines is 1. The molecule has 0 aliphatic carbocycles. The summed E-state index contributed by atoms with van der Waals surface area (Å²) in [6.45, 7) is 0.306. The van der Waals surface area contributed by atoms with Crippen LogP contribution >= 0.6 is 11.6 Å². The Bertz CT molecular complexity index is 1080. The monoisotopic (exact) mass is 514 g/mol. The Morgan fingerprint density at radius 3 is 2.47 bits per heavy atom. The van der Waals surface area contributed by atoms with E-state index in [1.807, 2.05) is 0 Å². The summed E-state index contributed by atoms with van der Waals surface area (Å²) in [5, 5.41) is 1.92. The lowest BCUT2D eigenvalue weighted by molar-refractivity contribution is -0.193. The SMILES string of the molecule is C[C@H](OC(N)=NC(C)(CF)c1cc(NC(=O)c2ncc(C(F)F)cc2Cl)ccc1F)C(F)(F)F. The highest BCUT2D eigenvalue weighted by Gasteiger charge is 2.39. The van der Waals surface area contributed by atoms with Crippen LogP contribution in [0, 0.1) is 5.82 Å². The van der Waals surface area contributed by atoms with Crippen LogP contribution in [0.1, 0.15) is 41.9 Å². The third kappa shape index (κ3) is 6.49. The Labute approximate surface area is 194 Å². The standard InChI is InChI=1S/C20H18ClF7N4O2/c1-9(20(26,27)28)34-18(29)32-19(2,8-22)12-6-11(3-4-14(12)23)31-17(33)15-13(21)5-10(7-30-15)16(24)25/h3-7,9,16H,8H2,1-2H3,(H2,29,32)(H,31,33)/t9-,19?/m0/s1. The number of alkyl halides is 6. The van der Waals surface area contributed by atoms with Gasteiger partial charge in [0.15, 0.2) is 6.10 Å². The number of aliphatic imine (C=N–C) groups is 1. The largest absolute Gasteiger partial charge is 0.453 e. The second-order valence-corrected chi connectivity index (χ2v) is 7.61. The van der Waals surface area contributed by atoms with E-state index in [2.05, 4.69) is 20.0 Å². The predicted octanol–water partition coefficient (Wildman–Crippen LogP) is 5.53. The van der Waals surface area contributed by atoms with Crippen LogP contribution in [0.2, 0.25) is 5.02 Å². The van der Waals surface area contributed by atoms with E-state index in [0.29, 0.717) is 6.92 Å². The van der Waals surface area contributed by atoms with Crippen LogP contribution < -0.4 is 11.1 Å². The minimum absolute atomic E-state index is 0.102. The highest BCUT2D eigenvalue weighted by Crippen LogP contribution is 2.32. The lowest BCUT2D eigenvalue weighted by atomic mass is 9.93. The van der Waals surface area contributed by atoms with Crippen molar-refractivity contribution in [2.75, 3.05) is 12.0 Å². The second kappa shape index (κ2) is 10.5. The topological polar surface area (TPSA) is 89.6 Å². The third-order valence-corrected chi connectivity index (χ3v) is 4.80. The molecule has 3 N–H and O–H groups in total. The van der Waals surface area contributed by atoms with Gasteiger partial charge >= 0.3 is 6.18 Å². The maximum absolute atomic E-state index is 14.5. The van der Waals surface area contributed by atoms with Crippen LogP contribution in [0.3, 0.4) is 0 Å². The molecule has 2 aromatic rings. The van der Waals surface area contributed by atoms with Crippen molar-refractivity contribution in [2.45, 2.75) is 38.1 Å². The Morgan fingerprint density at radius 1 is 1.29 bits per heavy atom. The van der Waals surface area contributed by atoms with E-state index in [-0.39, 0.29) is 10.7 Å². The minimum atomic E-state index is -4.77. The lowest BCUT2D eigenvalue weighted by Crippen LogP contribution is -2.36. The number of pyridine rings is 1. The third-order valence-electron chi connectivity index (χ3n) is 4.51. The van der Waals surface area contributed by atoms with Crippen LogP contribution in [0.4, 0.5) is 36.4 Å². The summed E-state index contributed by atoms with van der Waals surface area (Å²) in [5.41, 5.74) is 1.75. The summed E-state index contributed by atoms with van der Waals surface area (Å²) in [4.78, 5) is 19.6. The number of ether oxygens (including phenoxy) is 1. The summed E-state index contributed by atoms with van der Waals surface area (Å²) >= 11 is 5.83. The molecule has 1 amide bonds. The van der Waals surface area contributed by atoms with E-state index in [0.717, 1.165) is 37.4 Å². The Balaban J connectivity index is 2.34.